The second kappa shape index (κ2) is 7.55. The van der Waals surface area contributed by atoms with Gasteiger partial charge in [0, 0.05) is 6.42 Å². The van der Waals surface area contributed by atoms with Crippen molar-refractivity contribution >= 4 is 17.7 Å². The lowest BCUT2D eigenvalue weighted by atomic mass is 10.1. The number of hydrogen-bond acceptors (Lipinski definition) is 2. The molecule has 0 saturated carbocycles. The Morgan fingerprint density at radius 2 is 1.67 bits per heavy atom. The van der Waals surface area contributed by atoms with Crippen LogP contribution in [0.2, 0.25) is 0 Å². The highest BCUT2D eigenvalue weighted by atomic mass is 32.2. The maximum atomic E-state index is 12.9. The molecule has 0 aliphatic rings. The summed E-state index contributed by atoms with van der Waals surface area (Å²) in [6, 6.07) is 0. The van der Waals surface area contributed by atoms with Gasteiger partial charge in [0.1, 0.15) is 5.25 Å². The molecule has 0 aromatic rings. The Balaban J connectivity index is 4.42. The zero-order valence-corrected chi connectivity index (χ0v) is 11.8. The molecule has 0 heterocycles. The minimum atomic E-state index is -6.32. The van der Waals surface area contributed by atoms with Crippen LogP contribution in [0.25, 0.3) is 0 Å². The van der Waals surface area contributed by atoms with Crippen molar-refractivity contribution in [2.45, 2.75) is 55.9 Å². The number of rotatable bonds is 9. The van der Waals surface area contributed by atoms with Gasteiger partial charge in [0.25, 0.3) is 0 Å². The number of hydrogen-bond donors (Lipinski definition) is 1. The average Bonchev–Trinajstić information content (AvgIpc) is 2.31. The van der Waals surface area contributed by atoms with Gasteiger partial charge in [0.2, 0.25) is 0 Å². The molecule has 0 amide bonds. The van der Waals surface area contributed by atoms with Crippen LogP contribution in [0, 0.1) is 0 Å². The summed E-state index contributed by atoms with van der Waals surface area (Å²) < 4.78 is 86.6. The third-order valence-corrected chi connectivity index (χ3v) is 3.96. The van der Waals surface area contributed by atoms with Crippen molar-refractivity contribution in [3.8, 4) is 0 Å². The predicted octanol–water partition coefficient (Wildman–Crippen LogP) is 4.59. The van der Waals surface area contributed by atoms with Gasteiger partial charge in [-0.25, -0.2) is 0 Å². The number of carboxylic acid groups (broad SMARTS) is 1. The van der Waals surface area contributed by atoms with E-state index in [1.165, 1.54) is 0 Å². The highest BCUT2D eigenvalue weighted by Gasteiger charge is 2.72. The third-order valence-electron chi connectivity index (χ3n) is 2.60. The summed E-state index contributed by atoms with van der Waals surface area (Å²) >= 11 is 0.754. The van der Waals surface area contributed by atoms with Crippen molar-refractivity contribution in [2.75, 3.05) is 5.75 Å². The largest absolute Gasteiger partial charge is 0.480 e. The Morgan fingerprint density at radius 1 is 1.14 bits per heavy atom. The minimum absolute atomic E-state index is 0.236. The second-order valence-electron chi connectivity index (χ2n) is 4.37. The van der Waals surface area contributed by atoms with Crippen molar-refractivity contribution in [2.24, 2.45) is 0 Å². The van der Waals surface area contributed by atoms with E-state index in [2.05, 4.69) is 0 Å². The van der Waals surface area contributed by atoms with Gasteiger partial charge in [0.15, 0.2) is 0 Å². The Labute approximate surface area is 121 Å². The molecule has 1 unspecified atom stereocenters. The molecule has 10 heteroatoms. The van der Waals surface area contributed by atoms with Crippen LogP contribution in [0.15, 0.2) is 0 Å². The molecule has 0 radical (unpaired) electrons. The fraction of sp³-hybridized carbons (Fsp3) is 0.909. The summed E-state index contributed by atoms with van der Waals surface area (Å²) in [4.78, 5) is 10.7. The van der Waals surface area contributed by atoms with Crippen LogP contribution in [0.3, 0.4) is 0 Å². The van der Waals surface area contributed by atoms with E-state index < -0.39 is 42.1 Å². The standard InChI is InChI=1S/C11H15F7O2S/c1-2-4-7(8(19)20)21-6-3-5-9(12,13)10(14,15)11(16,17)18/h7H,2-6H2,1H3,(H,19,20). The molecule has 0 aliphatic carbocycles. The summed E-state index contributed by atoms with van der Waals surface area (Å²) in [7, 11) is 0. The number of carboxylic acids is 1. The molecule has 0 saturated heterocycles. The fourth-order valence-electron chi connectivity index (χ4n) is 1.42. The monoisotopic (exact) mass is 344 g/mol. The van der Waals surface area contributed by atoms with Gasteiger partial charge in [-0.1, -0.05) is 13.3 Å². The lowest BCUT2D eigenvalue weighted by Gasteiger charge is -2.28. The molecule has 0 aromatic carbocycles. The van der Waals surface area contributed by atoms with Crippen LogP contribution >= 0.6 is 11.8 Å². The average molecular weight is 344 g/mol. The van der Waals surface area contributed by atoms with Crippen LogP contribution in [0.1, 0.15) is 32.6 Å². The molecular formula is C11H15F7O2S. The Morgan fingerprint density at radius 3 is 2.05 bits per heavy atom. The smallest absolute Gasteiger partial charge is 0.459 e. The number of carbonyl (C=O) groups is 1. The Bertz CT molecular complexity index is 344. The van der Waals surface area contributed by atoms with Crippen LogP contribution in [0.4, 0.5) is 30.7 Å². The quantitative estimate of drug-likeness (QED) is 0.491. The molecule has 1 N–H and O–H groups in total. The van der Waals surface area contributed by atoms with E-state index >= 15 is 0 Å². The van der Waals surface area contributed by atoms with Gasteiger partial charge in [-0.05, 0) is 18.6 Å². The number of thioether (sulfide) groups is 1. The molecule has 1 atom stereocenters. The first-order valence-corrected chi connectivity index (χ1v) is 7.08. The van der Waals surface area contributed by atoms with E-state index in [9.17, 15) is 35.5 Å². The minimum Gasteiger partial charge on any atom is -0.480 e. The zero-order valence-electron chi connectivity index (χ0n) is 11.0. The fourth-order valence-corrected chi connectivity index (χ4v) is 2.56. The Hall–Kier alpha value is -0.670. The summed E-state index contributed by atoms with van der Waals surface area (Å²) in [6.45, 7) is 1.70. The maximum absolute atomic E-state index is 12.9. The number of alkyl halides is 7. The maximum Gasteiger partial charge on any atom is 0.459 e. The lowest BCUT2D eigenvalue weighted by molar-refractivity contribution is -0.355. The molecule has 0 aliphatic heterocycles. The van der Waals surface area contributed by atoms with Gasteiger partial charge in [-0.2, -0.15) is 30.7 Å². The molecular weight excluding hydrogens is 329 g/mol. The van der Waals surface area contributed by atoms with Gasteiger partial charge >= 0.3 is 24.0 Å². The van der Waals surface area contributed by atoms with Crippen LogP contribution in [-0.2, 0) is 4.79 Å². The predicted molar refractivity (Wildman–Crippen MR) is 64.0 cm³/mol. The summed E-state index contributed by atoms with van der Waals surface area (Å²) in [6.07, 6.45) is -7.85. The summed E-state index contributed by atoms with van der Waals surface area (Å²) in [5.41, 5.74) is 0. The van der Waals surface area contributed by atoms with Crippen molar-refractivity contribution in [3.63, 3.8) is 0 Å². The highest BCUT2D eigenvalue weighted by Crippen LogP contribution is 2.48. The molecule has 0 bridgehead atoms. The first-order valence-electron chi connectivity index (χ1n) is 6.03. The first-order chi connectivity index (χ1) is 9.37. The topological polar surface area (TPSA) is 37.3 Å². The molecule has 0 fully saturated rings. The number of aliphatic carboxylic acids is 1. The van der Waals surface area contributed by atoms with Crippen molar-refractivity contribution in [1.82, 2.24) is 0 Å². The normalized spacial score (nSPS) is 15.0. The molecule has 21 heavy (non-hydrogen) atoms. The molecule has 0 aromatic heterocycles. The summed E-state index contributed by atoms with van der Waals surface area (Å²) in [5.74, 6) is -12.7. The second-order valence-corrected chi connectivity index (χ2v) is 5.68. The Kier molecular flexibility index (Phi) is 7.31. The van der Waals surface area contributed by atoms with Gasteiger partial charge in [-0.15, -0.1) is 11.8 Å². The highest BCUT2D eigenvalue weighted by molar-refractivity contribution is 8.00. The van der Waals surface area contributed by atoms with Crippen LogP contribution < -0.4 is 0 Å². The molecule has 2 nitrogen and oxygen atoms in total. The SMILES string of the molecule is CCCC(SCCCC(F)(F)C(F)(F)C(F)(F)F)C(=O)O. The van der Waals surface area contributed by atoms with Gasteiger partial charge < -0.3 is 5.11 Å². The van der Waals surface area contributed by atoms with Gasteiger partial charge in [-0.3, -0.25) is 4.79 Å². The molecule has 0 spiro atoms. The first kappa shape index (κ1) is 20.3. The molecule has 0 rings (SSSR count). The van der Waals surface area contributed by atoms with E-state index in [4.69, 9.17) is 5.11 Å². The number of halogens is 7. The van der Waals surface area contributed by atoms with Crippen molar-refractivity contribution in [1.29, 1.82) is 0 Å². The van der Waals surface area contributed by atoms with Crippen molar-refractivity contribution in [3.05, 3.63) is 0 Å². The summed E-state index contributed by atoms with van der Waals surface area (Å²) in [5, 5.41) is 7.88. The zero-order chi connectivity index (χ0) is 16.9. The van der Waals surface area contributed by atoms with Crippen LogP contribution in [-0.4, -0.2) is 40.1 Å². The van der Waals surface area contributed by atoms with E-state index in [0.29, 0.717) is 6.42 Å². The van der Waals surface area contributed by atoms with E-state index in [-0.39, 0.29) is 12.2 Å². The van der Waals surface area contributed by atoms with E-state index in [0.717, 1.165) is 11.8 Å². The van der Waals surface area contributed by atoms with E-state index in [1.807, 2.05) is 0 Å². The van der Waals surface area contributed by atoms with E-state index in [1.54, 1.807) is 6.92 Å². The molecule has 126 valence electrons. The van der Waals surface area contributed by atoms with Gasteiger partial charge in [0.05, 0.1) is 0 Å². The van der Waals surface area contributed by atoms with Crippen molar-refractivity contribution < 1.29 is 40.6 Å². The van der Waals surface area contributed by atoms with Crippen LogP contribution in [0.5, 0.6) is 0 Å². The third kappa shape index (κ3) is 5.55. The lowest BCUT2D eigenvalue weighted by Crippen LogP contribution is -2.51.